The minimum atomic E-state index is -4.16. The zero-order valence-electron chi connectivity index (χ0n) is 22.4. The van der Waals surface area contributed by atoms with Crippen molar-refractivity contribution in [2.24, 2.45) is 17.1 Å². The summed E-state index contributed by atoms with van der Waals surface area (Å²) in [5.41, 5.74) is 4.89. The molecule has 2 aromatic rings. The second kappa shape index (κ2) is 11.4. The molecule has 0 unspecified atom stereocenters. The minimum absolute atomic E-state index is 0.0711. The molecule has 0 bridgehead atoms. The number of likely N-dealkylation sites (tertiary alicyclic amines) is 2. The van der Waals surface area contributed by atoms with Gasteiger partial charge in [0, 0.05) is 30.3 Å². The number of amides is 2. The number of rotatable bonds is 8. The highest BCUT2D eigenvalue weighted by Gasteiger charge is 2.58. The fraction of sp³-hybridized carbons (Fsp3) is 0.533. The molecule has 2 aliphatic heterocycles. The molecule has 0 aromatic heterocycles. The van der Waals surface area contributed by atoms with Gasteiger partial charge in [0.05, 0.1) is 12.0 Å². The van der Waals surface area contributed by atoms with Crippen LogP contribution in [0, 0.1) is 17.2 Å². The van der Waals surface area contributed by atoms with Crippen molar-refractivity contribution < 1.29 is 31.9 Å². The Hall–Kier alpha value is -3.14. The number of nitrogens with two attached hydrogens (primary N) is 1. The van der Waals surface area contributed by atoms with E-state index in [2.05, 4.69) is 0 Å². The van der Waals surface area contributed by atoms with Crippen molar-refractivity contribution in [3.63, 3.8) is 0 Å². The number of piperidine rings is 1. The molecule has 3 fully saturated rings. The van der Waals surface area contributed by atoms with Crippen LogP contribution in [0.3, 0.4) is 0 Å². The first-order chi connectivity index (χ1) is 19.1. The summed E-state index contributed by atoms with van der Waals surface area (Å²) in [7, 11) is 0. The highest BCUT2D eigenvalue weighted by Crippen LogP contribution is 2.53. The SMILES string of the molecule is NC(=O)[C@@H]1CCCN1C(=O)c1ccccc1-c1ccc(OCC2CCN(CC3(C(F)(F)F)CCC3)CC2)cc1F. The summed E-state index contributed by atoms with van der Waals surface area (Å²) in [6.07, 6.45) is -0.450. The summed E-state index contributed by atoms with van der Waals surface area (Å²) in [6, 6.07) is 10.5. The summed E-state index contributed by atoms with van der Waals surface area (Å²) in [5.74, 6) is -0.921. The number of hydrogen-bond acceptors (Lipinski definition) is 4. The normalized spacial score (nSPS) is 21.7. The molecular weight excluding hydrogens is 526 g/mol. The molecule has 1 saturated carbocycles. The van der Waals surface area contributed by atoms with E-state index in [4.69, 9.17) is 10.5 Å². The third kappa shape index (κ3) is 5.68. The molecule has 2 amide bonds. The molecule has 2 heterocycles. The van der Waals surface area contributed by atoms with Gasteiger partial charge in [-0.05, 0) is 81.3 Å². The molecule has 0 spiro atoms. The first kappa shape index (κ1) is 28.4. The van der Waals surface area contributed by atoms with E-state index in [9.17, 15) is 22.8 Å². The highest BCUT2D eigenvalue weighted by atomic mass is 19.4. The van der Waals surface area contributed by atoms with Crippen molar-refractivity contribution in [2.45, 2.75) is 57.2 Å². The third-order valence-electron chi connectivity index (χ3n) is 8.86. The van der Waals surface area contributed by atoms with Crippen LogP contribution in [-0.4, -0.2) is 66.6 Å². The molecule has 216 valence electrons. The Morgan fingerprint density at radius 1 is 0.975 bits per heavy atom. The summed E-state index contributed by atoms with van der Waals surface area (Å²) < 4.78 is 61.8. The fourth-order valence-corrected chi connectivity index (χ4v) is 6.26. The third-order valence-corrected chi connectivity index (χ3v) is 8.86. The van der Waals surface area contributed by atoms with Crippen molar-refractivity contribution in [3.8, 4) is 16.9 Å². The molecule has 1 aliphatic carbocycles. The van der Waals surface area contributed by atoms with E-state index >= 15 is 4.39 Å². The lowest BCUT2D eigenvalue weighted by molar-refractivity contribution is -0.256. The van der Waals surface area contributed by atoms with Gasteiger partial charge in [0.25, 0.3) is 5.91 Å². The molecule has 6 nitrogen and oxygen atoms in total. The van der Waals surface area contributed by atoms with Gasteiger partial charge < -0.3 is 20.3 Å². The summed E-state index contributed by atoms with van der Waals surface area (Å²) in [4.78, 5) is 28.5. The molecule has 1 atom stereocenters. The van der Waals surface area contributed by atoms with E-state index < -0.39 is 29.4 Å². The maximum atomic E-state index is 15.3. The van der Waals surface area contributed by atoms with Crippen molar-refractivity contribution in [1.29, 1.82) is 0 Å². The van der Waals surface area contributed by atoms with Crippen LogP contribution < -0.4 is 10.5 Å². The lowest BCUT2D eigenvalue weighted by Crippen LogP contribution is -2.53. The molecule has 2 N–H and O–H groups in total. The van der Waals surface area contributed by atoms with Gasteiger partial charge >= 0.3 is 6.18 Å². The number of carbonyl (C=O) groups excluding carboxylic acids is 2. The second-order valence-electron chi connectivity index (χ2n) is 11.4. The predicted octanol–water partition coefficient (Wildman–Crippen LogP) is 5.41. The second-order valence-corrected chi connectivity index (χ2v) is 11.4. The van der Waals surface area contributed by atoms with Gasteiger partial charge in [-0.25, -0.2) is 4.39 Å². The lowest BCUT2D eigenvalue weighted by atomic mass is 9.67. The number of primary amides is 1. The molecule has 40 heavy (non-hydrogen) atoms. The molecular formula is C30H35F4N3O3. The number of nitrogens with zero attached hydrogens (tertiary/aromatic N) is 2. The van der Waals surface area contributed by atoms with E-state index in [1.165, 1.54) is 11.0 Å². The number of ether oxygens (including phenoxy) is 1. The zero-order chi connectivity index (χ0) is 28.5. The molecule has 2 aromatic carbocycles. The van der Waals surface area contributed by atoms with Crippen molar-refractivity contribution >= 4 is 11.8 Å². The largest absolute Gasteiger partial charge is 0.493 e. The van der Waals surface area contributed by atoms with Gasteiger partial charge in [0.1, 0.15) is 17.6 Å². The lowest BCUT2D eigenvalue weighted by Gasteiger charge is -2.47. The number of alkyl halides is 3. The van der Waals surface area contributed by atoms with Crippen LogP contribution in [0.15, 0.2) is 42.5 Å². The quantitative estimate of drug-likeness (QED) is 0.438. The Labute approximate surface area is 231 Å². The predicted molar refractivity (Wildman–Crippen MR) is 142 cm³/mol. The van der Waals surface area contributed by atoms with Crippen LogP contribution >= 0.6 is 0 Å². The Balaban J connectivity index is 1.19. The molecule has 2 saturated heterocycles. The molecule has 5 rings (SSSR count). The number of benzene rings is 2. The average Bonchev–Trinajstić information content (AvgIpc) is 3.40. The van der Waals surface area contributed by atoms with Crippen LogP contribution in [0.5, 0.6) is 5.75 Å². The van der Waals surface area contributed by atoms with E-state index in [0.29, 0.717) is 62.4 Å². The van der Waals surface area contributed by atoms with Gasteiger partial charge in [-0.15, -0.1) is 0 Å². The molecule has 0 radical (unpaired) electrons. The Kier molecular flexibility index (Phi) is 8.08. The van der Waals surface area contributed by atoms with E-state index in [0.717, 1.165) is 12.8 Å². The Bertz CT molecular complexity index is 1240. The fourth-order valence-electron chi connectivity index (χ4n) is 6.26. The van der Waals surface area contributed by atoms with Gasteiger partial charge in [0.2, 0.25) is 5.91 Å². The topological polar surface area (TPSA) is 75.9 Å². The van der Waals surface area contributed by atoms with Crippen LogP contribution in [0.2, 0.25) is 0 Å². The standard InChI is InChI=1S/C30H35F4N3O3/c31-25-17-21(40-18-20-10-15-36(16-11-20)19-29(12-4-13-29)30(32,33)34)8-9-23(25)22-5-1-2-6-24(22)28(39)37-14-3-7-26(37)27(35)38/h1-2,5-6,8-9,17,20,26H,3-4,7,10-16,18-19H2,(H2,35,38)/t26-/m0/s1. The van der Waals surface area contributed by atoms with Gasteiger partial charge in [-0.3, -0.25) is 9.59 Å². The monoisotopic (exact) mass is 561 g/mol. The maximum absolute atomic E-state index is 15.3. The number of carbonyl (C=O) groups is 2. The summed E-state index contributed by atoms with van der Waals surface area (Å²) >= 11 is 0. The van der Waals surface area contributed by atoms with E-state index in [1.807, 2.05) is 4.90 Å². The van der Waals surface area contributed by atoms with Crippen molar-refractivity contribution in [3.05, 3.63) is 53.8 Å². The van der Waals surface area contributed by atoms with Crippen LogP contribution in [0.1, 0.15) is 55.3 Å². The van der Waals surface area contributed by atoms with Gasteiger partial charge in [0.15, 0.2) is 0 Å². The smallest absolute Gasteiger partial charge is 0.395 e. The van der Waals surface area contributed by atoms with Crippen LogP contribution in [0.25, 0.3) is 11.1 Å². The van der Waals surface area contributed by atoms with Crippen LogP contribution in [0.4, 0.5) is 17.6 Å². The van der Waals surface area contributed by atoms with E-state index in [1.54, 1.807) is 36.4 Å². The van der Waals surface area contributed by atoms with Gasteiger partial charge in [-0.1, -0.05) is 24.6 Å². The van der Waals surface area contributed by atoms with Crippen molar-refractivity contribution in [1.82, 2.24) is 9.80 Å². The Morgan fingerprint density at radius 2 is 1.70 bits per heavy atom. The van der Waals surface area contributed by atoms with Crippen molar-refractivity contribution in [2.75, 3.05) is 32.8 Å². The summed E-state index contributed by atoms with van der Waals surface area (Å²) in [5, 5.41) is 0. The first-order valence-corrected chi connectivity index (χ1v) is 14.0. The minimum Gasteiger partial charge on any atom is -0.493 e. The van der Waals surface area contributed by atoms with Gasteiger partial charge in [-0.2, -0.15) is 13.2 Å². The maximum Gasteiger partial charge on any atom is 0.395 e. The number of hydrogen-bond donors (Lipinski definition) is 1. The zero-order valence-corrected chi connectivity index (χ0v) is 22.4. The highest BCUT2D eigenvalue weighted by molar-refractivity contribution is 6.03. The Morgan fingerprint density at radius 3 is 2.33 bits per heavy atom. The average molecular weight is 562 g/mol. The first-order valence-electron chi connectivity index (χ1n) is 14.0. The van der Waals surface area contributed by atoms with E-state index in [-0.39, 0.29) is 36.8 Å². The van der Waals surface area contributed by atoms with Crippen LogP contribution in [-0.2, 0) is 4.79 Å². The molecule has 3 aliphatic rings. The molecule has 10 heteroatoms. The number of halogens is 4. The summed E-state index contributed by atoms with van der Waals surface area (Å²) in [6.45, 7) is 2.03.